The molecule has 0 bridgehead atoms. The molecule has 3 aromatic rings. The number of aryl methyl sites for hydroxylation is 1. The molecule has 1 fully saturated rings. The van der Waals surface area contributed by atoms with Crippen molar-refractivity contribution in [2.75, 3.05) is 5.32 Å². The number of carbonyl (C=O) groups is 2. The number of anilines is 1. The first-order chi connectivity index (χ1) is 14.2. The second-order valence-corrected chi connectivity index (χ2v) is 8.13. The third kappa shape index (κ3) is 3.63. The van der Waals surface area contributed by atoms with E-state index in [1.54, 1.807) is 0 Å². The first kappa shape index (κ1) is 17.9. The topological polar surface area (TPSA) is 58.2 Å². The highest BCUT2D eigenvalue weighted by molar-refractivity contribution is 6.08. The van der Waals surface area contributed by atoms with E-state index < -0.39 is 0 Å². The van der Waals surface area contributed by atoms with Crippen molar-refractivity contribution >= 4 is 28.3 Å². The number of amides is 2. The second kappa shape index (κ2) is 7.36. The van der Waals surface area contributed by atoms with Crippen molar-refractivity contribution in [2.45, 2.75) is 38.1 Å². The number of rotatable bonds is 4. The fourth-order valence-electron chi connectivity index (χ4n) is 4.25. The number of nitrogens with one attached hydrogen (secondary N) is 2. The Labute approximate surface area is 170 Å². The molecule has 3 aromatic carbocycles. The zero-order valence-corrected chi connectivity index (χ0v) is 16.3. The Morgan fingerprint density at radius 3 is 2.38 bits per heavy atom. The summed E-state index contributed by atoms with van der Waals surface area (Å²) in [7, 11) is 0. The van der Waals surface area contributed by atoms with Gasteiger partial charge in [0.15, 0.2) is 0 Å². The van der Waals surface area contributed by atoms with Gasteiger partial charge in [0, 0.05) is 5.92 Å². The standard InChI is InChI=1S/C25H24N2O2/c28-24(17-12-13-17)27-23-15-19-8-2-1-7-18(19)14-21(23)25(29)26-22-11-5-9-16-6-3-4-10-20(16)22/h1-4,6-8,10,14-15,17,22H,5,9,11-13H2,(H,26,29)(H,27,28). The Morgan fingerprint density at radius 1 is 0.862 bits per heavy atom. The second-order valence-electron chi connectivity index (χ2n) is 8.13. The molecule has 2 N–H and O–H groups in total. The van der Waals surface area contributed by atoms with Gasteiger partial charge < -0.3 is 10.6 Å². The van der Waals surface area contributed by atoms with Crippen LogP contribution in [0.1, 0.15) is 53.2 Å². The van der Waals surface area contributed by atoms with Gasteiger partial charge in [0.25, 0.3) is 5.91 Å². The summed E-state index contributed by atoms with van der Waals surface area (Å²) < 4.78 is 0. The predicted molar refractivity (Wildman–Crippen MR) is 115 cm³/mol. The first-order valence-electron chi connectivity index (χ1n) is 10.4. The molecular weight excluding hydrogens is 360 g/mol. The van der Waals surface area contributed by atoms with Crippen LogP contribution in [0.5, 0.6) is 0 Å². The number of hydrogen-bond acceptors (Lipinski definition) is 2. The van der Waals surface area contributed by atoms with Crippen LogP contribution in [0.15, 0.2) is 60.7 Å². The molecule has 1 unspecified atom stereocenters. The van der Waals surface area contributed by atoms with Gasteiger partial charge in [0.05, 0.1) is 17.3 Å². The summed E-state index contributed by atoms with van der Waals surface area (Å²) in [6.07, 6.45) is 4.91. The van der Waals surface area contributed by atoms with E-state index in [4.69, 9.17) is 0 Å². The molecule has 0 saturated heterocycles. The number of hydrogen-bond donors (Lipinski definition) is 2. The molecule has 2 aliphatic carbocycles. The molecular formula is C25H24N2O2. The lowest BCUT2D eigenvalue weighted by atomic mass is 9.87. The summed E-state index contributed by atoms with van der Waals surface area (Å²) in [6, 6.07) is 20.1. The Hall–Kier alpha value is -3.14. The van der Waals surface area contributed by atoms with Crippen molar-refractivity contribution in [2.24, 2.45) is 5.92 Å². The third-order valence-corrected chi connectivity index (χ3v) is 6.01. The fraction of sp³-hybridized carbons (Fsp3) is 0.280. The molecule has 146 valence electrons. The smallest absolute Gasteiger partial charge is 0.253 e. The fourth-order valence-corrected chi connectivity index (χ4v) is 4.25. The lowest BCUT2D eigenvalue weighted by molar-refractivity contribution is -0.117. The minimum Gasteiger partial charge on any atom is -0.345 e. The number of carbonyl (C=O) groups excluding carboxylic acids is 2. The monoisotopic (exact) mass is 384 g/mol. The van der Waals surface area contributed by atoms with Crippen LogP contribution in [-0.2, 0) is 11.2 Å². The highest BCUT2D eigenvalue weighted by atomic mass is 16.2. The zero-order chi connectivity index (χ0) is 19.8. The molecule has 4 heteroatoms. The summed E-state index contributed by atoms with van der Waals surface area (Å²) in [5, 5.41) is 8.23. The van der Waals surface area contributed by atoms with Crippen LogP contribution in [0.2, 0.25) is 0 Å². The minimum atomic E-state index is -0.136. The van der Waals surface area contributed by atoms with Gasteiger partial charge in [-0.15, -0.1) is 0 Å². The Balaban J connectivity index is 1.48. The molecule has 0 aliphatic heterocycles. The predicted octanol–water partition coefficient (Wildman–Crippen LogP) is 5.00. The maximum absolute atomic E-state index is 13.3. The van der Waals surface area contributed by atoms with E-state index >= 15 is 0 Å². The van der Waals surface area contributed by atoms with Crippen LogP contribution in [0.25, 0.3) is 10.8 Å². The van der Waals surface area contributed by atoms with E-state index in [0.29, 0.717) is 11.3 Å². The molecule has 0 radical (unpaired) electrons. The van der Waals surface area contributed by atoms with Crippen LogP contribution in [0, 0.1) is 5.92 Å². The van der Waals surface area contributed by atoms with Crippen LogP contribution in [0.4, 0.5) is 5.69 Å². The first-order valence-corrected chi connectivity index (χ1v) is 10.4. The van der Waals surface area contributed by atoms with Gasteiger partial charge in [0.1, 0.15) is 0 Å². The van der Waals surface area contributed by atoms with Gasteiger partial charge in [-0.1, -0.05) is 48.5 Å². The molecule has 4 nitrogen and oxygen atoms in total. The molecule has 5 rings (SSSR count). The van der Waals surface area contributed by atoms with Crippen LogP contribution >= 0.6 is 0 Å². The molecule has 1 saturated carbocycles. The molecule has 29 heavy (non-hydrogen) atoms. The van der Waals surface area contributed by atoms with Gasteiger partial charge in [-0.05, 0) is 66.1 Å². The normalized spacial score (nSPS) is 18.1. The molecule has 2 aliphatic rings. The summed E-state index contributed by atoms with van der Waals surface area (Å²) in [5.41, 5.74) is 3.64. The summed E-state index contributed by atoms with van der Waals surface area (Å²) in [6.45, 7) is 0. The van der Waals surface area contributed by atoms with E-state index in [9.17, 15) is 9.59 Å². The van der Waals surface area contributed by atoms with Crippen molar-refractivity contribution in [3.05, 3.63) is 77.4 Å². The molecule has 1 atom stereocenters. The van der Waals surface area contributed by atoms with Gasteiger partial charge in [-0.3, -0.25) is 9.59 Å². The highest BCUT2D eigenvalue weighted by Crippen LogP contribution is 2.33. The largest absolute Gasteiger partial charge is 0.345 e. The maximum atomic E-state index is 13.3. The average Bonchev–Trinajstić information content (AvgIpc) is 3.59. The SMILES string of the molecule is O=C(NC1CCCc2ccccc21)c1cc2ccccc2cc1NC(=O)C1CC1. The number of fused-ring (bicyclic) bond motifs is 2. The molecule has 0 aromatic heterocycles. The Morgan fingerprint density at radius 2 is 1.59 bits per heavy atom. The summed E-state index contributed by atoms with van der Waals surface area (Å²) in [4.78, 5) is 25.7. The van der Waals surface area contributed by atoms with Crippen molar-refractivity contribution in [3.63, 3.8) is 0 Å². The van der Waals surface area contributed by atoms with Crippen LogP contribution < -0.4 is 10.6 Å². The van der Waals surface area contributed by atoms with Crippen molar-refractivity contribution in [1.82, 2.24) is 5.32 Å². The summed E-state index contributed by atoms with van der Waals surface area (Å²) >= 11 is 0. The maximum Gasteiger partial charge on any atom is 0.253 e. The number of benzene rings is 3. The van der Waals surface area contributed by atoms with Crippen molar-refractivity contribution in [1.29, 1.82) is 0 Å². The van der Waals surface area contributed by atoms with E-state index in [2.05, 4.69) is 28.8 Å². The zero-order valence-electron chi connectivity index (χ0n) is 16.3. The quantitative estimate of drug-likeness (QED) is 0.665. The van der Waals surface area contributed by atoms with E-state index in [-0.39, 0.29) is 23.8 Å². The van der Waals surface area contributed by atoms with Crippen molar-refractivity contribution in [3.8, 4) is 0 Å². The van der Waals surface area contributed by atoms with E-state index in [0.717, 1.165) is 42.9 Å². The van der Waals surface area contributed by atoms with Gasteiger partial charge in [-0.25, -0.2) is 0 Å². The molecule has 0 heterocycles. The van der Waals surface area contributed by atoms with Gasteiger partial charge in [-0.2, -0.15) is 0 Å². The van der Waals surface area contributed by atoms with E-state index in [1.165, 1.54) is 11.1 Å². The third-order valence-electron chi connectivity index (χ3n) is 6.01. The highest BCUT2D eigenvalue weighted by Gasteiger charge is 2.31. The van der Waals surface area contributed by atoms with Gasteiger partial charge in [0.2, 0.25) is 5.91 Å². The molecule has 0 spiro atoms. The molecule has 2 amide bonds. The lowest BCUT2D eigenvalue weighted by Gasteiger charge is -2.26. The van der Waals surface area contributed by atoms with Crippen LogP contribution in [0.3, 0.4) is 0 Å². The summed E-state index contributed by atoms with van der Waals surface area (Å²) in [5.74, 6) is -0.0384. The Bertz CT molecular complexity index is 1100. The van der Waals surface area contributed by atoms with Crippen molar-refractivity contribution < 1.29 is 9.59 Å². The average molecular weight is 384 g/mol. The Kier molecular flexibility index (Phi) is 4.55. The lowest BCUT2D eigenvalue weighted by Crippen LogP contribution is -2.31. The minimum absolute atomic E-state index is 0.00547. The van der Waals surface area contributed by atoms with Crippen LogP contribution in [-0.4, -0.2) is 11.8 Å². The van der Waals surface area contributed by atoms with Gasteiger partial charge >= 0.3 is 0 Å². The van der Waals surface area contributed by atoms with E-state index in [1.807, 2.05) is 42.5 Å².